The monoisotopic (exact) mass is 511 g/mol. The van der Waals surface area contributed by atoms with Crippen LogP contribution in [0.4, 0.5) is 32.4 Å². The minimum absolute atomic E-state index is 0.147. The maximum atomic E-state index is 14.9. The van der Waals surface area contributed by atoms with Gasteiger partial charge in [0.1, 0.15) is 10.8 Å². The molecule has 0 fully saturated rings. The smallest absolute Gasteiger partial charge is 0.357 e. The van der Waals surface area contributed by atoms with Crippen molar-refractivity contribution in [3.05, 3.63) is 89.3 Å². The summed E-state index contributed by atoms with van der Waals surface area (Å²) < 4.78 is 71.3. The first kappa shape index (κ1) is 26.0. The van der Waals surface area contributed by atoms with E-state index in [-0.39, 0.29) is 29.3 Å². The Labute approximate surface area is 201 Å². The first-order chi connectivity index (χ1) is 16.3. The van der Waals surface area contributed by atoms with Crippen LogP contribution in [0.2, 0.25) is 0 Å². The van der Waals surface area contributed by atoms with Crippen molar-refractivity contribution in [3.8, 4) is 0 Å². The van der Waals surface area contributed by atoms with Crippen molar-refractivity contribution in [1.29, 1.82) is 0 Å². The Kier molecular flexibility index (Phi) is 7.08. The Bertz CT molecular complexity index is 1240. The maximum absolute atomic E-state index is 14.9. The van der Waals surface area contributed by atoms with E-state index in [0.717, 1.165) is 12.1 Å². The molecule has 1 aliphatic rings. The number of primary amides is 1. The minimum atomic E-state index is -5.48. The highest BCUT2D eigenvalue weighted by atomic mass is 32.1. The number of hydrogen-bond donors (Lipinski definition) is 4. The van der Waals surface area contributed by atoms with Gasteiger partial charge in [0.15, 0.2) is 5.41 Å². The molecule has 0 saturated heterocycles. The van der Waals surface area contributed by atoms with E-state index in [2.05, 4.69) is 17.5 Å². The number of hydrogen-bond acceptors (Lipinski definition) is 4. The van der Waals surface area contributed by atoms with E-state index >= 15 is 0 Å². The number of benzene rings is 2. The molecule has 35 heavy (non-hydrogen) atoms. The van der Waals surface area contributed by atoms with E-state index in [4.69, 9.17) is 5.73 Å². The van der Waals surface area contributed by atoms with Crippen LogP contribution in [0.3, 0.4) is 0 Å². The third kappa shape index (κ3) is 5.08. The molecule has 0 bridgehead atoms. The summed E-state index contributed by atoms with van der Waals surface area (Å²) in [5.41, 5.74) is 1.10. The fourth-order valence-electron chi connectivity index (χ4n) is 3.58. The lowest BCUT2D eigenvalue weighted by atomic mass is 9.73. The van der Waals surface area contributed by atoms with Gasteiger partial charge >= 0.3 is 12.2 Å². The highest BCUT2D eigenvalue weighted by Gasteiger charge is 2.69. The van der Waals surface area contributed by atoms with Gasteiger partial charge in [-0.3, -0.25) is 4.79 Å². The van der Waals surface area contributed by atoms with Crippen LogP contribution >= 0.6 is 12.2 Å². The third-order valence-electron chi connectivity index (χ3n) is 5.29. The molecule has 2 unspecified atom stereocenters. The van der Waals surface area contributed by atoms with Gasteiger partial charge in [-0.25, -0.2) is 13.6 Å². The lowest BCUT2D eigenvalue weighted by Crippen LogP contribution is -2.62. The van der Waals surface area contributed by atoms with Crippen molar-refractivity contribution in [1.82, 2.24) is 5.32 Å². The molecule has 0 aromatic heterocycles. The summed E-state index contributed by atoms with van der Waals surface area (Å²) in [6.07, 6.45) is -4.21. The first-order valence-corrected chi connectivity index (χ1v) is 10.3. The van der Waals surface area contributed by atoms with Crippen LogP contribution in [0.15, 0.2) is 72.3 Å². The van der Waals surface area contributed by atoms with E-state index in [1.54, 1.807) is 11.4 Å². The Balaban J connectivity index is 2.00. The molecular weight excluding hydrogens is 493 g/mol. The van der Waals surface area contributed by atoms with Gasteiger partial charge in [-0.15, -0.1) is 0 Å². The number of amides is 3. The van der Waals surface area contributed by atoms with Crippen molar-refractivity contribution in [2.75, 3.05) is 5.32 Å². The molecule has 12 heteroatoms. The number of halogens is 5. The minimum Gasteiger partial charge on any atom is -0.357 e. The van der Waals surface area contributed by atoms with Crippen LogP contribution in [-0.4, -0.2) is 34.1 Å². The van der Waals surface area contributed by atoms with Crippen LogP contribution in [0.5, 0.6) is 0 Å². The van der Waals surface area contributed by atoms with Gasteiger partial charge in [0.2, 0.25) is 0 Å². The summed E-state index contributed by atoms with van der Waals surface area (Å²) in [5, 5.41) is 14.1. The molecule has 0 saturated carbocycles. The zero-order chi connectivity index (χ0) is 26.0. The average molecular weight is 511 g/mol. The van der Waals surface area contributed by atoms with Crippen molar-refractivity contribution in [2.24, 2.45) is 11.1 Å². The fraction of sp³-hybridized carbons (Fsp3) is 0.174. The quantitative estimate of drug-likeness (QED) is 0.355. The number of allylic oxidation sites excluding steroid dienone is 2. The number of nitrogens with one attached hydrogen (secondary N) is 2. The van der Waals surface area contributed by atoms with Gasteiger partial charge in [-0.1, -0.05) is 54.7 Å². The Hall–Kier alpha value is -3.64. The summed E-state index contributed by atoms with van der Waals surface area (Å²) in [5.74, 6) is -5.60. The van der Waals surface area contributed by atoms with Gasteiger partial charge < -0.3 is 21.5 Å². The van der Waals surface area contributed by atoms with Gasteiger partial charge in [0.25, 0.3) is 11.8 Å². The number of alkyl halides is 4. The number of carbonyl (C=O) groups excluding carboxylic acids is 2. The molecule has 0 heterocycles. The molecule has 3 rings (SSSR count). The van der Waals surface area contributed by atoms with Crippen LogP contribution in [-0.2, 0) is 6.42 Å². The van der Waals surface area contributed by atoms with Crippen LogP contribution in [0.25, 0.3) is 0 Å². The lowest BCUT2D eigenvalue weighted by Gasteiger charge is -2.42. The van der Waals surface area contributed by atoms with E-state index in [1.165, 1.54) is 36.4 Å². The van der Waals surface area contributed by atoms with Crippen molar-refractivity contribution >= 4 is 34.8 Å². The number of aliphatic hydroxyl groups is 1. The van der Waals surface area contributed by atoms with Gasteiger partial charge in [-0.05, 0) is 41.8 Å². The topological polar surface area (TPSA) is 104 Å². The molecule has 184 valence electrons. The fourth-order valence-corrected chi connectivity index (χ4v) is 4.00. The number of urea groups is 1. The van der Waals surface area contributed by atoms with Crippen molar-refractivity contribution in [3.63, 3.8) is 0 Å². The molecule has 6 nitrogen and oxygen atoms in total. The highest BCUT2D eigenvalue weighted by Crippen LogP contribution is 2.52. The second kappa shape index (κ2) is 9.55. The molecule has 1 aliphatic carbocycles. The Morgan fingerprint density at radius 1 is 1.09 bits per heavy atom. The Morgan fingerprint density at radius 3 is 2.34 bits per heavy atom. The summed E-state index contributed by atoms with van der Waals surface area (Å²) >= 11 is 4.62. The summed E-state index contributed by atoms with van der Waals surface area (Å²) in [6, 6.07) is 9.75. The molecule has 5 N–H and O–H groups in total. The largest absolute Gasteiger partial charge is 0.410 e. The Morgan fingerprint density at radius 2 is 1.71 bits per heavy atom. The van der Waals surface area contributed by atoms with Crippen LogP contribution in [0, 0.1) is 11.2 Å². The third-order valence-corrected chi connectivity index (χ3v) is 5.72. The van der Waals surface area contributed by atoms with Crippen molar-refractivity contribution < 1.29 is 36.6 Å². The molecular formula is C23H18F5N3O3S. The summed E-state index contributed by atoms with van der Waals surface area (Å²) in [4.78, 5) is 22.3. The van der Waals surface area contributed by atoms with Gasteiger partial charge in [0, 0.05) is 5.69 Å². The van der Waals surface area contributed by atoms with Crippen LogP contribution < -0.4 is 16.4 Å². The number of anilines is 1. The summed E-state index contributed by atoms with van der Waals surface area (Å²) in [6.45, 7) is 0. The molecule has 2 atom stereocenters. The van der Waals surface area contributed by atoms with Gasteiger partial charge in [-0.2, -0.15) is 13.2 Å². The number of para-hydroxylation sites is 1. The predicted molar refractivity (Wildman–Crippen MR) is 122 cm³/mol. The zero-order valence-corrected chi connectivity index (χ0v) is 18.5. The van der Waals surface area contributed by atoms with E-state index < -0.39 is 40.2 Å². The molecule has 0 aliphatic heterocycles. The molecule has 3 amide bonds. The van der Waals surface area contributed by atoms with E-state index in [1.807, 2.05) is 0 Å². The average Bonchev–Trinajstić information content (AvgIpc) is 2.75. The number of carbonyl (C=O) groups is 2. The number of thiocarbonyl (C=S) groups is 1. The van der Waals surface area contributed by atoms with E-state index in [9.17, 15) is 36.6 Å². The van der Waals surface area contributed by atoms with Crippen molar-refractivity contribution in [2.45, 2.75) is 18.5 Å². The molecule has 0 radical (unpaired) electrons. The molecule has 2 aromatic rings. The number of rotatable bonds is 5. The normalized spacial score (nSPS) is 21.7. The van der Waals surface area contributed by atoms with E-state index in [0.29, 0.717) is 11.6 Å². The number of nitrogens with two attached hydrogens (primary N) is 1. The SMILES string of the molecule is NC(=O)NC(=S)C1(C(F)(F)F)C=C(Cc2ccccc2NC(=O)c2ccccc2F)C=CC1(O)F. The van der Waals surface area contributed by atoms with Crippen LogP contribution in [0.1, 0.15) is 15.9 Å². The zero-order valence-electron chi connectivity index (χ0n) is 17.7. The standard InChI is InChI=1S/C23H18F5N3O3S/c24-16-7-3-2-6-15(16)18(32)30-17-8-4-1-5-14(17)11-13-9-10-22(25,34)21(12-13,23(26,27)28)19(35)31-20(29)33/h1-10,12,34H,11H2,(H,30,32)(H3,29,31,33,35). The second-order valence-corrected chi connectivity index (χ2v) is 8.03. The maximum Gasteiger partial charge on any atom is 0.410 e. The predicted octanol–water partition coefficient (Wildman–Crippen LogP) is 4.32. The molecule has 2 aromatic carbocycles. The first-order valence-electron chi connectivity index (χ1n) is 9.92. The summed E-state index contributed by atoms with van der Waals surface area (Å²) in [7, 11) is 0. The lowest BCUT2D eigenvalue weighted by molar-refractivity contribution is -0.257. The second-order valence-electron chi connectivity index (χ2n) is 7.62. The highest BCUT2D eigenvalue weighted by molar-refractivity contribution is 7.80. The van der Waals surface area contributed by atoms with Gasteiger partial charge in [0.05, 0.1) is 5.56 Å². The molecule has 0 spiro atoms.